The molecule has 0 saturated carbocycles. The zero-order valence-electron chi connectivity index (χ0n) is 11.6. The van der Waals surface area contributed by atoms with Crippen molar-refractivity contribution in [3.8, 4) is 0 Å². The highest BCUT2D eigenvalue weighted by Gasteiger charge is 2.34. The number of carboxylic acid groups (broad SMARTS) is 3. The largest absolute Gasteiger partial charge is 0.480 e. The lowest BCUT2D eigenvalue weighted by molar-refractivity contribution is -0.148. The number of carboxylic acids is 3. The van der Waals surface area contributed by atoms with E-state index in [0.29, 0.717) is 19.5 Å². The van der Waals surface area contributed by atoms with Crippen LogP contribution in [-0.4, -0.2) is 75.9 Å². The summed E-state index contributed by atoms with van der Waals surface area (Å²) in [5.41, 5.74) is 5.32. The molecule has 1 rings (SSSR count). The molecular formula is C12H21N3O6. The van der Waals surface area contributed by atoms with Gasteiger partial charge in [-0.15, -0.1) is 0 Å². The third-order valence-corrected chi connectivity index (χ3v) is 3.58. The van der Waals surface area contributed by atoms with Gasteiger partial charge < -0.3 is 26.4 Å². The summed E-state index contributed by atoms with van der Waals surface area (Å²) in [5.74, 6) is -3.08. The van der Waals surface area contributed by atoms with Gasteiger partial charge in [-0.25, -0.2) is 0 Å². The van der Waals surface area contributed by atoms with E-state index >= 15 is 0 Å². The van der Waals surface area contributed by atoms with Crippen LogP contribution in [0, 0.1) is 0 Å². The third kappa shape index (κ3) is 5.29. The second-order valence-corrected chi connectivity index (χ2v) is 5.05. The molecule has 1 heterocycles. The van der Waals surface area contributed by atoms with Crippen molar-refractivity contribution in [3.05, 3.63) is 0 Å². The summed E-state index contributed by atoms with van der Waals surface area (Å²) in [6.07, 6.45) is 0.954. The molecule has 0 unspecified atom stereocenters. The summed E-state index contributed by atoms with van der Waals surface area (Å²) < 4.78 is 0. The van der Waals surface area contributed by atoms with Crippen molar-refractivity contribution in [2.45, 2.75) is 37.4 Å². The van der Waals surface area contributed by atoms with E-state index in [2.05, 4.69) is 5.32 Å². The topological polar surface area (TPSA) is 153 Å². The van der Waals surface area contributed by atoms with E-state index in [4.69, 9.17) is 21.1 Å². The fraction of sp³-hybridized carbons (Fsp3) is 0.750. The van der Waals surface area contributed by atoms with Crippen molar-refractivity contribution in [2.24, 2.45) is 5.73 Å². The Morgan fingerprint density at radius 3 is 2.29 bits per heavy atom. The molecule has 1 fully saturated rings. The van der Waals surface area contributed by atoms with E-state index < -0.39 is 36.0 Å². The van der Waals surface area contributed by atoms with E-state index in [1.807, 2.05) is 0 Å². The van der Waals surface area contributed by atoms with Crippen LogP contribution in [0.1, 0.15) is 19.3 Å². The molecule has 0 spiro atoms. The molecule has 3 atom stereocenters. The van der Waals surface area contributed by atoms with Gasteiger partial charge in [0.05, 0.1) is 0 Å². The Morgan fingerprint density at radius 2 is 1.86 bits per heavy atom. The highest BCUT2D eigenvalue weighted by Crippen LogP contribution is 2.17. The Morgan fingerprint density at radius 1 is 1.19 bits per heavy atom. The van der Waals surface area contributed by atoms with Gasteiger partial charge >= 0.3 is 17.9 Å². The molecule has 9 heteroatoms. The maximum absolute atomic E-state index is 11.1. The standard InChI is InChI=1S/C12H21N3O6/c13-7(10(16)17)1-4-14-8(11(18)19)2-5-15-6-3-9(15)12(20)21/h7-9,14H,1-6,13H2,(H,16,17)(H,18,19)(H,20,21)/t7-,8-,9-/m1/s1. The number of nitrogens with zero attached hydrogens (tertiary/aromatic N) is 1. The molecule has 0 amide bonds. The molecule has 1 aliphatic heterocycles. The second-order valence-electron chi connectivity index (χ2n) is 5.05. The first kappa shape index (κ1) is 17.3. The molecule has 21 heavy (non-hydrogen) atoms. The van der Waals surface area contributed by atoms with Crippen LogP contribution in [0.4, 0.5) is 0 Å². The molecule has 120 valence electrons. The van der Waals surface area contributed by atoms with Gasteiger partial charge in [0.15, 0.2) is 0 Å². The number of hydrogen-bond donors (Lipinski definition) is 5. The molecule has 0 aliphatic carbocycles. The van der Waals surface area contributed by atoms with Gasteiger partial charge in [0.1, 0.15) is 18.1 Å². The summed E-state index contributed by atoms with van der Waals surface area (Å²) in [6, 6.07) is -2.40. The number of likely N-dealkylation sites (tertiary alicyclic amines) is 1. The average molecular weight is 303 g/mol. The van der Waals surface area contributed by atoms with Crippen LogP contribution in [0.15, 0.2) is 0 Å². The minimum Gasteiger partial charge on any atom is -0.480 e. The number of nitrogens with one attached hydrogen (secondary N) is 1. The van der Waals surface area contributed by atoms with E-state index in [1.54, 1.807) is 4.90 Å². The number of rotatable bonds is 10. The van der Waals surface area contributed by atoms with Crippen molar-refractivity contribution in [3.63, 3.8) is 0 Å². The first-order valence-electron chi connectivity index (χ1n) is 6.74. The SMILES string of the molecule is N[C@H](CCN[C@H](CCN1CC[C@@H]1C(=O)O)C(=O)O)C(=O)O. The first-order valence-corrected chi connectivity index (χ1v) is 6.74. The zero-order valence-corrected chi connectivity index (χ0v) is 11.6. The number of carbonyl (C=O) groups is 3. The van der Waals surface area contributed by atoms with Gasteiger partial charge in [0.2, 0.25) is 0 Å². The van der Waals surface area contributed by atoms with Gasteiger partial charge in [-0.3, -0.25) is 19.3 Å². The van der Waals surface area contributed by atoms with Gasteiger partial charge in [-0.05, 0) is 25.8 Å². The minimum absolute atomic E-state index is 0.126. The van der Waals surface area contributed by atoms with Crippen LogP contribution in [-0.2, 0) is 14.4 Å². The molecule has 0 aromatic carbocycles. The van der Waals surface area contributed by atoms with E-state index in [0.717, 1.165) is 0 Å². The number of hydrogen-bond acceptors (Lipinski definition) is 6. The molecule has 1 aliphatic rings. The summed E-state index contributed by atoms with van der Waals surface area (Å²) in [4.78, 5) is 34.2. The maximum Gasteiger partial charge on any atom is 0.320 e. The van der Waals surface area contributed by atoms with Crippen molar-refractivity contribution < 1.29 is 29.7 Å². The van der Waals surface area contributed by atoms with Gasteiger partial charge in [-0.2, -0.15) is 0 Å². The predicted octanol–water partition coefficient (Wildman–Crippen LogP) is -1.62. The molecule has 1 saturated heterocycles. The quantitative estimate of drug-likeness (QED) is 0.320. The Kier molecular flexibility index (Phi) is 6.53. The fourth-order valence-electron chi connectivity index (χ4n) is 2.13. The average Bonchev–Trinajstić information content (AvgIpc) is 2.34. The smallest absolute Gasteiger partial charge is 0.320 e. The minimum atomic E-state index is -1.13. The fourth-order valence-corrected chi connectivity index (χ4v) is 2.13. The molecule has 0 aromatic heterocycles. The van der Waals surface area contributed by atoms with Crippen molar-refractivity contribution in [2.75, 3.05) is 19.6 Å². The summed E-state index contributed by atoms with van der Waals surface area (Å²) in [6.45, 7) is 1.19. The molecule has 0 radical (unpaired) electrons. The highest BCUT2D eigenvalue weighted by molar-refractivity contribution is 5.75. The lowest BCUT2D eigenvalue weighted by atomic mass is 10.0. The van der Waals surface area contributed by atoms with Crippen LogP contribution in [0.2, 0.25) is 0 Å². The van der Waals surface area contributed by atoms with E-state index in [-0.39, 0.29) is 19.4 Å². The van der Waals surface area contributed by atoms with Crippen LogP contribution >= 0.6 is 0 Å². The van der Waals surface area contributed by atoms with Gasteiger partial charge in [0, 0.05) is 13.1 Å². The van der Waals surface area contributed by atoms with Crippen molar-refractivity contribution in [1.82, 2.24) is 10.2 Å². The molecule has 9 nitrogen and oxygen atoms in total. The third-order valence-electron chi connectivity index (χ3n) is 3.58. The van der Waals surface area contributed by atoms with E-state index in [9.17, 15) is 14.4 Å². The summed E-state index contributed by atoms with van der Waals surface area (Å²) >= 11 is 0. The predicted molar refractivity (Wildman–Crippen MR) is 71.9 cm³/mol. The number of aliphatic carboxylic acids is 3. The Hall–Kier alpha value is -1.71. The van der Waals surface area contributed by atoms with Crippen LogP contribution in [0.5, 0.6) is 0 Å². The lowest BCUT2D eigenvalue weighted by Gasteiger charge is -2.38. The second kappa shape index (κ2) is 7.91. The zero-order chi connectivity index (χ0) is 16.0. The molecule has 6 N–H and O–H groups in total. The summed E-state index contributed by atoms with van der Waals surface area (Å²) in [7, 11) is 0. The van der Waals surface area contributed by atoms with Crippen molar-refractivity contribution in [1.29, 1.82) is 0 Å². The highest BCUT2D eigenvalue weighted by atomic mass is 16.4. The Labute approximate surface area is 121 Å². The van der Waals surface area contributed by atoms with Crippen LogP contribution in [0.3, 0.4) is 0 Å². The van der Waals surface area contributed by atoms with Gasteiger partial charge in [-0.1, -0.05) is 0 Å². The Bertz CT molecular complexity index is 402. The van der Waals surface area contributed by atoms with Crippen LogP contribution in [0.25, 0.3) is 0 Å². The number of nitrogens with two attached hydrogens (primary N) is 1. The van der Waals surface area contributed by atoms with Crippen molar-refractivity contribution >= 4 is 17.9 Å². The normalized spacial score (nSPS) is 21.3. The lowest BCUT2D eigenvalue weighted by Crippen LogP contribution is -2.54. The molecular weight excluding hydrogens is 282 g/mol. The van der Waals surface area contributed by atoms with Gasteiger partial charge in [0.25, 0.3) is 0 Å². The molecule has 0 aromatic rings. The summed E-state index contributed by atoms with van der Waals surface area (Å²) in [5, 5.41) is 29.3. The van der Waals surface area contributed by atoms with E-state index in [1.165, 1.54) is 0 Å². The Balaban J connectivity index is 2.32. The monoisotopic (exact) mass is 303 g/mol. The molecule has 0 bridgehead atoms. The first-order chi connectivity index (χ1) is 9.82. The maximum atomic E-state index is 11.1. The van der Waals surface area contributed by atoms with Crippen LogP contribution < -0.4 is 11.1 Å².